The first-order valence-electron chi connectivity index (χ1n) is 9.99. The van der Waals surface area contributed by atoms with Gasteiger partial charge >= 0.3 is 0 Å². The van der Waals surface area contributed by atoms with E-state index in [2.05, 4.69) is 53.5 Å². The monoisotopic (exact) mass is 311 g/mol. The molecule has 2 atom stereocenters. The van der Waals surface area contributed by atoms with Crippen LogP contribution in [0.15, 0.2) is 0 Å². The fourth-order valence-corrected chi connectivity index (χ4v) is 3.03. The summed E-state index contributed by atoms with van der Waals surface area (Å²) in [6.07, 6.45) is 11.2. The standard InChI is InChI=1S/C21H45N/c1-18(2)10-8-12-20(5)14-16-22(7)17-15-21(6)13-9-11-19(3)4/h18-21H,8-17H2,1-7H3. The normalized spacial score (nSPS) is 15.0. The second-order valence-corrected chi connectivity index (χ2v) is 8.74. The zero-order chi connectivity index (χ0) is 17.0. The highest BCUT2D eigenvalue weighted by Gasteiger charge is 2.08. The van der Waals surface area contributed by atoms with Crippen molar-refractivity contribution in [2.45, 2.75) is 92.9 Å². The lowest BCUT2D eigenvalue weighted by atomic mass is 9.96. The average molecular weight is 312 g/mol. The van der Waals surface area contributed by atoms with Gasteiger partial charge in [0.15, 0.2) is 0 Å². The molecule has 0 N–H and O–H groups in total. The van der Waals surface area contributed by atoms with Crippen LogP contribution in [0.25, 0.3) is 0 Å². The predicted octanol–water partition coefficient (Wildman–Crippen LogP) is 6.62. The van der Waals surface area contributed by atoms with Crippen molar-refractivity contribution in [3.63, 3.8) is 0 Å². The van der Waals surface area contributed by atoms with Crippen LogP contribution in [0.3, 0.4) is 0 Å². The molecule has 0 rings (SSSR count). The highest BCUT2D eigenvalue weighted by atomic mass is 15.1. The molecule has 0 bridgehead atoms. The van der Waals surface area contributed by atoms with Crippen LogP contribution in [0.1, 0.15) is 92.9 Å². The van der Waals surface area contributed by atoms with E-state index in [1.807, 2.05) is 0 Å². The van der Waals surface area contributed by atoms with E-state index in [0.29, 0.717) is 0 Å². The molecule has 134 valence electrons. The van der Waals surface area contributed by atoms with E-state index in [4.69, 9.17) is 0 Å². The van der Waals surface area contributed by atoms with E-state index in [-0.39, 0.29) is 0 Å². The van der Waals surface area contributed by atoms with Gasteiger partial charge in [-0.05, 0) is 56.7 Å². The van der Waals surface area contributed by atoms with Crippen LogP contribution >= 0.6 is 0 Å². The van der Waals surface area contributed by atoms with Crippen LogP contribution in [-0.4, -0.2) is 25.0 Å². The van der Waals surface area contributed by atoms with E-state index in [1.54, 1.807) is 0 Å². The quantitative estimate of drug-likeness (QED) is 0.348. The molecule has 0 amide bonds. The third kappa shape index (κ3) is 14.9. The van der Waals surface area contributed by atoms with Crippen molar-refractivity contribution < 1.29 is 0 Å². The van der Waals surface area contributed by atoms with Crippen molar-refractivity contribution in [2.24, 2.45) is 23.7 Å². The first kappa shape index (κ1) is 22.0. The Hall–Kier alpha value is -0.0400. The van der Waals surface area contributed by atoms with Gasteiger partial charge in [0, 0.05) is 0 Å². The lowest BCUT2D eigenvalue weighted by Crippen LogP contribution is -2.23. The molecule has 0 saturated heterocycles. The Morgan fingerprint density at radius 2 is 0.909 bits per heavy atom. The molecule has 0 aromatic rings. The zero-order valence-corrected chi connectivity index (χ0v) is 16.8. The maximum Gasteiger partial charge on any atom is -0.00192 e. The Labute approximate surface area is 142 Å². The molecular weight excluding hydrogens is 266 g/mol. The summed E-state index contributed by atoms with van der Waals surface area (Å²) in [5.41, 5.74) is 0. The number of hydrogen-bond donors (Lipinski definition) is 0. The Morgan fingerprint density at radius 3 is 1.23 bits per heavy atom. The summed E-state index contributed by atoms with van der Waals surface area (Å²) in [4.78, 5) is 2.55. The van der Waals surface area contributed by atoms with Crippen LogP contribution < -0.4 is 0 Å². The molecule has 2 unspecified atom stereocenters. The van der Waals surface area contributed by atoms with Gasteiger partial charge in [-0.25, -0.2) is 0 Å². The predicted molar refractivity (Wildman–Crippen MR) is 102 cm³/mol. The van der Waals surface area contributed by atoms with Crippen LogP contribution in [0.2, 0.25) is 0 Å². The third-order valence-electron chi connectivity index (χ3n) is 4.96. The number of hydrogen-bond acceptors (Lipinski definition) is 1. The summed E-state index contributed by atoms with van der Waals surface area (Å²) in [5, 5.41) is 0. The minimum Gasteiger partial charge on any atom is -0.306 e. The van der Waals surface area contributed by atoms with Gasteiger partial charge in [0.05, 0.1) is 0 Å². The van der Waals surface area contributed by atoms with E-state index in [1.165, 1.54) is 64.5 Å². The molecule has 1 nitrogen and oxygen atoms in total. The Kier molecular flexibility index (Phi) is 13.4. The van der Waals surface area contributed by atoms with Crippen molar-refractivity contribution in [3.8, 4) is 0 Å². The second kappa shape index (κ2) is 13.4. The maximum absolute atomic E-state index is 2.55. The van der Waals surface area contributed by atoms with Gasteiger partial charge in [-0.2, -0.15) is 0 Å². The maximum atomic E-state index is 2.55. The van der Waals surface area contributed by atoms with Crippen molar-refractivity contribution in [1.82, 2.24) is 4.90 Å². The van der Waals surface area contributed by atoms with Crippen molar-refractivity contribution in [2.75, 3.05) is 20.1 Å². The van der Waals surface area contributed by atoms with E-state index in [9.17, 15) is 0 Å². The first-order chi connectivity index (χ1) is 10.3. The summed E-state index contributed by atoms with van der Waals surface area (Å²) in [6.45, 7) is 16.8. The van der Waals surface area contributed by atoms with Gasteiger partial charge in [0.2, 0.25) is 0 Å². The smallest absolute Gasteiger partial charge is 0.00192 e. The lowest BCUT2D eigenvalue weighted by Gasteiger charge is -2.21. The summed E-state index contributed by atoms with van der Waals surface area (Å²) in [6, 6.07) is 0. The van der Waals surface area contributed by atoms with Gasteiger partial charge in [0.25, 0.3) is 0 Å². The van der Waals surface area contributed by atoms with Gasteiger partial charge in [-0.1, -0.05) is 80.1 Å². The summed E-state index contributed by atoms with van der Waals surface area (Å²) < 4.78 is 0. The van der Waals surface area contributed by atoms with Crippen LogP contribution in [-0.2, 0) is 0 Å². The molecule has 1 heteroatoms. The third-order valence-corrected chi connectivity index (χ3v) is 4.96. The van der Waals surface area contributed by atoms with Gasteiger partial charge in [-0.15, -0.1) is 0 Å². The van der Waals surface area contributed by atoms with E-state index in [0.717, 1.165) is 23.7 Å². The first-order valence-corrected chi connectivity index (χ1v) is 9.99. The molecule has 0 heterocycles. The lowest BCUT2D eigenvalue weighted by molar-refractivity contribution is 0.272. The van der Waals surface area contributed by atoms with Crippen LogP contribution in [0, 0.1) is 23.7 Å². The number of nitrogens with zero attached hydrogens (tertiary/aromatic N) is 1. The summed E-state index contributed by atoms with van der Waals surface area (Å²) in [5.74, 6) is 3.52. The van der Waals surface area contributed by atoms with Gasteiger partial charge < -0.3 is 4.90 Å². The van der Waals surface area contributed by atoms with E-state index >= 15 is 0 Å². The molecule has 22 heavy (non-hydrogen) atoms. The molecule has 0 aromatic heterocycles. The zero-order valence-electron chi connectivity index (χ0n) is 16.8. The van der Waals surface area contributed by atoms with Crippen LogP contribution in [0.5, 0.6) is 0 Å². The molecular formula is C21H45N. The number of rotatable bonds is 14. The Balaban J connectivity index is 3.57. The second-order valence-electron chi connectivity index (χ2n) is 8.74. The van der Waals surface area contributed by atoms with Gasteiger partial charge in [-0.3, -0.25) is 0 Å². The molecule has 0 radical (unpaired) electrons. The fourth-order valence-electron chi connectivity index (χ4n) is 3.03. The molecule has 0 saturated carbocycles. The minimum atomic E-state index is 0.868. The minimum absolute atomic E-state index is 0.868. The SMILES string of the molecule is CC(C)CCCC(C)CCN(C)CCC(C)CCCC(C)C. The average Bonchev–Trinajstić information content (AvgIpc) is 2.42. The molecule has 0 aliphatic carbocycles. The van der Waals surface area contributed by atoms with Crippen molar-refractivity contribution in [3.05, 3.63) is 0 Å². The molecule has 0 fully saturated rings. The van der Waals surface area contributed by atoms with E-state index < -0.39 is 0 Å². The molecule has 0 aromatic carbocycles. The Morgan fingerprint density at radius 1 is 0.545 bits per heavy atom. The summed E-state index contributed by atoms with van der Waals surface area (Å²) >= 11 is 0. The fraction of sp³-hybridized carbons (Fsp3) is 1.00. The van der Waals surface area contributed by atoms with Crippen molar-refractivity contribution in [1.29, 1.82) is 0 Å². The molecule has 0 spiro atoms. The topological polar surface area (TPSA) is 3.24 Å². The summed E-state index contributed by atoms with van der Waals surface area (Å²) in [7, 11) is 2.31. The Bertz CT molecular complexity index is 210. The highest BCUT2D eigenvalue weighted by molar-refractivity contribution is 4.62. The van der Waals surface area contributed by atoms with Gasteiger partial charge in [0.1, 0.15) is 0 Å². The molecule has 0 aliphatic heterocycles. The van der Waals surface area contributed by atoms with Crippen LogP contribution in [0.4, 0.5) is 0 Å². The molecule has 0 aliphatic rings. The highest BCUT2D eigenvalue weighted by Crippen LogP contribution is 2.17. The van der Waals surface area contributed by atoms with Crippen molar-refractivity contribution >= 4 is 0 Å². The largest absolute Gasteiger partial charge is 0.306 e.